The summed E-state index contributed by atoms with van der Waals surface area (Å²) in [5.41, 5.74) is 0. The van der Waals surface area contributed by atoms with E-state index in [0.717, 1.165) is 0 Å². The fourth-order valence-corrected chi connectivity index (χ4v) is 2.62. The van der Waals surface area contributed by atoms with Crippen LogP contribution in [0.2, 0.25) is 10.0 Å². The van der Waals surface area contributed by atoms with E-state index in [9.17, 15) is 5.11 Å². The Balaban J connectivity index is 2.33. The fourth-order valence-electron chi connectivity index (χ4n) is 2.06. The average molecular weight is 306 g/mol. The van der Waals surface area contributed by atoms with E-state index in [0.29, 0.717) is 34.8 Å². The van der Waals surface area contributed by atoms with E-state index in [4.69, 9.17) is 27.9 Å². The molecule has 2 heterocycles. The predicted molar refractivity (Wildman–Crippen MR) is 77.4 cm³/mol. The van der Waals surface area contributed by atoms with E-state index in [-0.39, 0.29) is 18.8 Å². The van der Waals surface area contributed by atoms with Crippen LogP contribution in [0.15, 0.2) is 6.07 Å². The molecule has 2 atom stereocenters. The summed E-state index contributed by atoms with van der Waals surface area (Å²) in [6.45, 7) is 3.09. The predicted octanol–water partition coefficient (Wildman–Crippen LogP) is 2.02. The van der Waals surface area contributed by atoms with Crippen LogP contribution >= 0.6 is 23.2 Å². The third-order valence-electron chi connectivity index (χ3n) is 3.13. The van der Waals surface area contributed by atoms with Gasteiger partial charge < -0.3 is 20.1 Å². The summed E-state index contributed by atoms with van der Waals surface area (Å²) in [4.78, 5) is 6.48. The van der Waals surface area contributed by atoms with Crippen molar-refractivity contribution >= 4 is 34.8 Å². The van der Waals surface area contributed by atoms with Crippen LogP contribution in [0.3, 0.4) is 0 Å². The summed E-state index contributed by atoms with van der Waals surface area (Å²) in [5.74, 6) is 1.24. The lowest BCUT2D eigenvalue weighted by Crippen LogP contribution is -2.50. The van der Waals surface area contributed by atoms with Gasteiger partial charge in [-0.25, -0.2) is 4.98 Å². The molecule has 1 saturated heterocycles. The fraction of sp³-hybridized carbons (Fsp3) is 0.583. The Morgan fingerprint density at radius 1 is 1.53 bits per heavy atom. The molecule has 0 amide bonds. The molecular weight excluding hydrogens is 289 g/mol. The number of anilines is 2. The van der Waals surface area contributed by atoms with Crippen molar-refractivity contribution in [1.82, 2.24) is 4.98 Å². The summed E-state index contributed by atoms with van der Waals surface area (Å²) in [5, 5.41) is 13.1. The number of aromatic nitrogens is 1. The highest BCUT2D eigenvalue weighted by atomic mass is 35.5. The van der Waals surface area contributed by atoms with Crippen molar-refractivity contribution < 1.29 is 9.84 Å². The number of nitrogens with one attached hydrogen (secondary N) is 1. The van der Waals surface area contributed by atoms with Crippen LogP contribution in [0, 0.1) is 0 Å². The first-order valence-corrected chi connectivity index (χ1v) is 6.85. The van der Waals surface area contributed by atoms with Crippen LogP contribution in [0.25, 0.3) is 0 Å². The topological polar surface area (TPSA) is 57.6 Å². The molecule has 106 valence electrons. The number of hydrogen-bond donors (Lipinski definition) is 2. The summed E-state index contributed by atoms with van der Waals surface area (Å²) in [6.07, 6.45) is -0.220. The van der Waals surface area contributed by atoms with Crippen molar-refractivity contribution in [3.8, 4) is 0 Å². The Kier molecular flexibility index (Phi) is 4.73. The first-order valence-electron chi connectivity index (χ1n) is 6.09. The van der Waals surface area contributed by atoms with Crippen molar-refractivity contribution in [2.45, 2.75) is 19.1 Å². The van der Waals surface area contributed by atoms with Crippen LogP contribution in [-0.2, 0) is 4.74 Å². The largest absolute Gasteiger partial charge is 0.394 e. The van der Waals surface area contributed by atoms with Gasteiger partial charge in [0.1, 0.15) is 11.6 Å². The molecule has 1 aliphatic rings. The van der Waals surface area contributed by atoms with Gasteiger partial charge in [-0.05, 0) is 13.0 Å². The number of hydrogen-bond acceptors (Lipinski definition) is 5. The molecule has 19 heavy (non-hydrogen) atoms. The smallest absolute Gasteiger partial charge is 0.150 e. The Labute approximate surface area is 122 Å². The second kappa shape index (κ2) is 6.13. The molecule has 0 aromatic carbocycles. The van der Waals surface area contributed by atoms with Gasteiger partial charge in [0.15, 0.2) is 0 Å². The molecule has 0 radical (unpaired) electrons. The second-order valence-electron chi connectivity index (χ2n) is 4.51. The SMILES string of the molecule is CNc1nc(N2CC(CO)OCC2C)c(Cl)cc1Cl. The zero-order valence-corrected chi connectivity index (χ0v) is 12.4. The minimum absolute atomic E-state index is 0.0205. The maximum atomic E-state index is 9.22. The summed E-state index contributed by atoms with van der Waals surface area (Å²) in [7, 11) is 1.76. The number of nitrogens with zero attached hydrogens (tertiary/aromatic N) is 2. The van der Waals surface area contributed by atoms with E-state index >= 15 is 0 Å². The normalized spacial score (nSPS) is 23.5. The van der Waals surface area contributed by atoms with E-state index in [2.05, 4.69) is 10.3 Å². The first kappa shape index (κ1) is 14.7. The lowest BCUT2D eigenvalue weighted by molar-refractivity contribution is -0.0105. The molecule has 0 bridgehead atoms. The zero-order valence-electron chi connectivity index (χ0n) is 10.9. The van der Waals surface area contributed by atoms with Crippen molar-refractivity contribution in [2.75, 3.05) is 37.0 Å². The van der Waals surface area contributed by atoms with Crippen molar-refractivity contribution in [2.24, 2.45) is 0 Å². The van der Waals surface area contributed by atoms with Crippen molar-refractivity contribution in [3.05, 3.63) is 16.1 Å². The molecule has 5 nitrogen and oxygen atoms in total. The maximum absolute atomic E-state index is 9.22. The third kappa shape index (κ3) is 3.05. The summed E-state index contributed by atoms with van der Waals surface area (Å²) >= 11 is 12.3. The molecule has 1 fully saturated rings. The highest BCUT2D eigenvalue weighted by molar-refractivity contribution is 6.37. The van der Waals surface area contributed by atoms with E-state index in [1.54, 1.807) is 13.1 Å². The number of rotatable bonds is 3. The number of morpholine rings is 1. The second-order valence-corrected chi connectivity index (χ2v) is 5.33. The van der Waals surface area contributed by atoms with Gasteiger partial charge in [-0.2, -0.15) is 0 Å². The molecule has 1 aromatic rings. The number of aliphatic hydroxyl groups excluding tert-OH is 1. The molecule has 7 heteroatoms. The van der Waals surface area contributed by atoms with Crippen LogP contribution in [0.5, 0.6) is 0 Å². The molecule has 1 aliphatic heterocycles. The number of pyridine rings is 1. The number of halogens is 2. The molecule has 0 spiro atoms. The Hall–Kier alpha value is -0.750. The molecule has 1 aromatic heterocycles. The lowest BCUT2D eigenvalue weighted by Gasteiger charge is -2.38. The third-order valence-corrected chi connectivity index (χ3v) is 3.70. The van der Waals surface area contributed by atoms with E-state index in [1.807, 2.05) is 11.8 Å². The highest BCUT2D eigenvalue weighted by Crippen LogP contribution is 2.33. The maximum Gasteiger partial charge on any atom is 0.150 e. The van der Waals surface area contributed by atoms with E-state index < -0.39 is 0 Å². The summed E-state index contributed by atoms with van der Waals surface area (Å²) < 4.78 is 5.51. The van der Waals surface area contributed by atoms with Gasteiger partial charge in [0.25, 0.3) is 0 Å². The first-order chi connectivity index (χ1) is 9.06. The van der Waals surface area contributed by atoms with E-state index in [1.165, 1.54) is 0 Å². The van der Waals surface area contributed by atoms with Crippen molar-refractivity contribution in [1.29, 1.82) is 0 Å². The average Bonchev–Trinajstić information content (AvgIpc) is 2.40. The molecule has 2 rings (SSSR count). The monoisotopic (exact) mass is 305 g/mol. The van der Waals surface area contributed by atoms with Gasteiger partial charge in [0, 0.05) is 13.6 Å². The minimum atomic E-state index is -0.220. The Morgan fingerprint density at radius 2 is 2.26 bits per heavy atom. The van der Waals surface area contributed by atoms with Crippen LogP contribution < -0.4 is 10.2 Å². The van der Waals surface area contributed by atoms with Gasteiger partial charge in [0.2, 0.25) is 0 Å². The van der Waals surface area contributed by atoms with Crippen LogP contribution in [0.1, 0.15) is 6.92 Å². The summed E-state index contributed by atoms with van der Waals surface area (Å²) in [6, 6.07) is 1.81. The number of ether oxygens (including phenoxy) is 1. The van der Waals surface area contributed by atoms with Gasteiger partial charge in [-0.15, -0.1) is 0 Å². The Morgan fingerprint density at radius 3 is 2.89 bits per heavy atom. The van der Waals surface area contributed by atoms with Gasteiger partial charge in [0.05, 0.1) is 35.4 Å². The lowest BCUT2D eigenvalue weighted by atomic mass is 10.2. The van der Waals surface area contributed by atoms with Crippen LogP contribution in [-0.4, -0.2) is 49.0 Å². The van der Waals surface area contributed by atoms with Gasteiger partial charge in [-0.3, -0.25) is 0 Å². The molecule has 0 aliphatic carbocycles. The highest BCUT2D eigenvalue weighted by Gasteiger charge is 2.28. The van der Waals surface area contributed by atoms with Crippen LogP contribution in [0.4, 0.5) is 11.6 Å². The quantitative estimate of drug-likeness (QED) is 0.895. The molecule has 0 saturated carbocycles. The van der Waals surface area contributed by atoms with Gasteiger partial charge >= 0.3 is 0 Å². The standard InChI is InChI=1S/C12H17Cl2N3O2/c1-7-6-19-8(5-18)4-17(7)12-10(14)3-9(13)11(15-2)16-12/h3,7-8,18H,4-6H2,1-2H3,(H,15,16). The zero-order chi connectivity index (χ0) is 14.0. The molecule has 2 unspecified atom stereocenters. The van der Waals surface area contributed by atoms with Gasteiger partial charge in [-0.1, -0.05) is 23.2 Å². The molecule has 2 N–H and O–H groups in total. The Bertz CT molecular complexity index is 459. The van der Waals surface area contributed by atoms with Crippen molar-refractivity contribution in [3.63, 3.8) is 0 Å². The molecular formula is C12H17Cl2N3O2. The number of aliphatic hydroxyl groups is 1. The minimum Gasteiger partial charge on any atom is -0.394 e.